The molecule has 2 aliphatic heterocycles. The monoisotopic (exact) mass is 620 g/mol. The van der Waals surface area contributed by atoms with Crippen LogP contribution in [0.15, 0.2) is 46.7 Å². The van der Waals surface area contributed by atoms with Crippen LogP contribution in [0, 0.1) is 53.2 Å². The van der Waals surface area contributed by atoms with E-state index in [2.05, 4.69) is 26.7 Å². The molecule has 2 aromatic rings. The van der Waals surface area contributed by atoms with Crippen molar-refractivity contribution in [3.8, 4) is 0 Å². The number of amides is 1. The summed E-state index contributed by atoms with van der Waals surface area (Å²) in [5.41, 5.74) is 12.9. The summed E-state index contributed by atoms with van der Waals surface area (Å²) in [7, 11) is 0. The molecule has 1 aromatic carbocycles. The molecule has 0 spiro atoms. The SMILES string of the molecule is FC1CCCOC1.NCC(NC(=O)c1cc(C2N=C(N)NC=C2Cl)c[nH]1)c1c[c-]cc(F)c1.[Pr]. The van der Waals surface area contributed by atoms with Gasteiger partial charge in [0, 0.05) is 84.3 Å². The fourth-order valence-corrected chi connectivity index (χ4v) is 3.50. The molecule has 1 radical (unpaired) electrons. The van der Waals surface area contributed by atoms with Crippen LogP contribution in [0.4, 0.5) is 8.78 Å². The van der Waals surface area contributed by atoms with Gasteiger partial charge in [0.2, 0.25) is 0 Å². The van der Waals surface area contributed by atoms with Crippen molar-refractivity contribution in [3.63, 3.8) is 0 Å². The average molecular weight is 621 g/mol. The van der Waals surface area contributed by atoms with Gasteiger partial charge in [-0.25, -0.2) is 9.38 Å². The Hall–Kier alpha value is -1.59. The number of carbonyl (C=O) groups is 1. The molecule has 3 heterocycles. The van der Waals surface area contributed by atoms with E-state index in [0.29, 0.717) is 34.9 Å². The van der Waals surface area contributed by atoms with Crippen LogP contribution in [0.25, 0.3) is 0 Å². The number of nitrogens with zero attached hydrogens (tertiary/aromatic N) is 1. The number of hydrogen-bond acceptors (Lipinski definition) is 6. The van der Waals surface area contributed by atoms with Crippen LogP contribution >= 0.6 is 11.6 Å². The Balaban J connectivity index is 0.000000439. The Labute approximate surface area is 234 Å². The first-order valence-corrected chi connectivity index (χ1v) is 10.8. The van der Waals surface area contributed by atoms with Gasteiger partial charge >= 0.3 is 0 Å². The average Bonchev–Trinajstić information content (AvgIpc) is 3.30. The second kappa shape index (κ2) is 14.1. The van der Waals surface area contributed by atoms with Crippen LogP contribution < -0.4 is 22.1 Å². The molecule has 7 N–H and O–H groups in total. The third-order valence-corrected chi connectivity index (χ3v) is 5.29. The fraction of sp³-hybridized carbons (Fsp3) is 0.364. The predicted molar refractivity (Wildman–Crippen MR) is 122 cm³/mol. The Kier molecular flexibility index (Phi) is 11.9. The summed E-state index contributed by atoms with van der Waals surface area (Å²) in [4.78, 5) is 19.6. The molecular formula is C22H26ClF2N6O2Pr-. The number of guanidine groups is 1. The summed E-state index contributed by atoms with van der Waals surface area (Å²) < 4.78 is 30.2. The van der Waals surface area contributed by atoms with E-state index in [0.717, 1.165) is 13.0 Å². The first-order chi connectivity index (χ1) is 15.9. The zero-order valence-electron chi connectivity index (χ0n) is 18.4. The summed E-state index contributed by atoms with van der Waals surface area (Å²) in [6, 6.07) is 7.37. The quantitative estimate of drug-likeness (QED) is 0.328. The number of nitrogens with one attached hydrogen (secondary N) is 3. The number of carbonyl (C=O) groups excluding carboxylic acids is 1. The molecule has 2 aliphatic rings. The molecule has 0 bridgehead atoms. The van der Waals surface area contributed by atoms with E-state index in [-0.39, 0.29) is 59.7 Å². The Morgan fingerprint density at radius 3 is 2.82 bits per heavy atom. The maximum absolute atomic E-state index is 13.4. The van der Waals surface area contributed by atoms with Crippen LogP contribution in [0.5, 0.6) is 0 Å². The number of aromatic nitrogens is 1. The maximum Gasteiger partial charge on any atom is 0.267 e. The molecule has 12 heteroatoms. The third-order valence-electron chi connectivity index (χ3n) is 4.98. The normalized spacial score (nSPS) is 20.4. The molecule has 0 saturated carbocycles. The predicted octanol–water partition coefficient (Wildman–Crippen LogP) is 2.56. The number of ether oxygens (including phenoxy) is 1. The summed E-state index contributed by atoms with van der Waals surface area (Å²) in [5, 5.41) is 5.92. The van der Waals surface area contributed by atoms with Gasteiger partial charge < -0.3 is 31.8 Å². The molecule has 3 atom stereocenters. The molecule has 8 nitrogen and oxygen atoms in total. The van der Waals surface area contributed by atoms with E-state index in [9.17, 15) is 13.6 Å². The van der Waals surface area contributed by atoms with Crippen LogP contribution in [0.1, 0.15) is 46.5 Å². The molecule has 1 amide bonds. The van der Waals surface area contributed by atoms with Crippen LogP contribution in [-0.2, 0) is 4.74 Å². The number of hydrogen-bond donors (Lipinski definition) is 5. The van der Waals surface area contributed by atoms with Crippen LogP contribution in [0.3, 0.4) is 0 Å². The fourth-order valence-electron chi connectivity index (χ4n) is 3.27. The van der Waals surface area contributed by atoms with E-state index in [1.54, 1.807) is 24.5 Å². The van der Waals surface area contributed by atoms with Gasteiger partial charge in [-0.05, 0) is 18.9 Å². The largest absolute Gasteiger partial charge is 0.378 e. The molecule has 0 aliphatic carbocycles. The topological polar surface area (TPSA) is 131 Å². The first kappa shape index (κ1) is 28.6. The van der Waals surface area contributed by atoms with Crippen molar-refractivity contribution in [2.45, 2.75) is 31.1 Å². The molecule has 1 aromatic heterocycles. The summed E-state index contributed by atoms with van der Waals surface area (Å²) in [6.07, 6.45) is 4.08. The van der Waals surface area contributed by atoms with Crippen LogP contribution in [-0.4, -0.2) is 42.8 Å². The summed E-state index contributed by atoms with van der Waals surface area (Å²) >= 11 is 6.14. The molecular weight excluding hydrogens is 595 g/mol. The Bertz CT molecular complexity index is 1010. The Morgan fingerprint density at radius 1 is 1.41 bits per heavy atom. The zero-order valence-corrected chi connectivity index (χ0v) is 22.8. The van der Waals surface area contributed by atoms with Crippen molar-refractivity contribution in [1.82, 2.24) is 15.6 Å². The van der Waals surface area contributed by atoms with Crippen molar-refractivity contribution in [3.05, 3.63) is 70.4 Å². The molecule has 181 valence electrons. The standard InChI is InChI=1S/C17H17ClFN6O.C5H9FO.Pr/c18-12-8-23-17(21)25-15(12)10-5-13(22-7-10)16(26)24-14(6-20)9-2-1-3-11(19)4-9;6-5-2-1-3-7-4-5;/h2-5,7-8,14-15,22H,6,20H2,(H,24,26)(H3,21,23,25);5H,1-4H2;/q-1;;. The van der Waals surface area contributed by atoms with Gasteiger partial charge in [-0.15, -0.1) is 17.7 Å². The van der Waals surface area contributed by atoms with Gasteiger partial charge in [0.25, 0.3) is 5.91 Å². The minimum atomic E-state index is -0.686. The second-order valence-electron chi connectivity index (χ2n) is 7.50. The summed E-state index contributed by atoms with van der Waals surface area (Å²) in [5.74, 6) is -0.598. The number of H-pyrrole nitrogens is 1. The minimum Gasteiger partial charge on any atom is -0.378 e. The van der Waals surface area contributed by atoms with Gasteiger partial charge in [0.05, 0.1) is 11.6 Å². The van der Waals surface area contributed by atoms with Crippen molar-refractivity contribution >= 4 is 23.5 Å². The Morgan fingerprint density at radius 2 is 2.21 bits per heavy atom. The first-order valence-electron chi connectivity index (χ1n) is 10.4. The van der Waals surface area contributed by atoms with Gasteiger partial charge in [0.15, 0.2) is 5.96 Å². The number of nitrogens with two attached hydrogens (primary N) is 2. The van der Waals surface area contributed by atoms with Gasteiger partial charge in [0.1, 0.15) is 17.9 Å². The van der Waals surface area contributed by atoms with Crippen molar-refractivity contribution in [2.75, 3.05) is 19.8 Å². The molecule has 4 rings (SSSR count). The molecule has 1 fully saturated rings. The van der Waals surface area contributed by atoms with E-state index >= 15 is 0 Å². The molecule has 1 saturated heterocycles. The van der Waals surface area contributed by atoms with E-state index in [4.69, 9.17) is 27.8 Å². The van der Waals surface area contributed by atoms with Crippen molar-refractivity contribution < 1.29 is 59.6 Å². The third kappa shape index (κ3) is 8.27. The van der Waals surface area contributed by atoms with E-state index < -0.39 is 24.1 Å². The maximum atomic E-state index is 13.4. The van der Waals surface area contributed by atoms with Crippen molar-refractivity contribution in [2.24, 2.45) is 16.5 Å². The molecule has 34 heavy (non-hydrogen) atoms. The smallest absolute Gasteiger partial charge is 0.267 e. The van der Waals surface area contributed by atoms with E-state index in [1.807, 2.05) is 0 Å². The number of benzene rings is 1. The number of aliphatic imine (C=N–C) groups is 1. The van der Waals surface area contributed by atoms with Gasteiger partial charge in [-0.2, -0.15) is 12.1 Å². The minimum absolute atomic E-state index is 0. The number of aromatic amines is 1. The number of alkyl halides is 1. The number of rotatable bonds is 5. The van der Waals surface area contributed by atoms with E-state index in [1.165, 1.54) is 12.1 Å². The summed E-state index contributed by atoms with van der Waals surface area (Å²) in [6.45, 7) is 1.18. The zero-order chi connectivity index (χ0) is 23.8. The molecule has 3 unspecified atom stereocenters. The second-order valence-corrected chi connectivity index (χ2v) is 7.93. The van der Waals surface area contributed by atoms with Crippen molar-refractivity contribution in [1.29, 1.82) is 0 Å². The van der Waals surface area contributed by atoms with Gasteiger partial charge in [-0.1, -0.05) is 11.6 Å². The van der Waals surface area contributed by atoms with Crippen LogP contribution in [0.2, 0.25) is 0 Å². The number of halogens is 3. The van der Waals surface area contributed by atoms with Gasteiger partial charge in [-0.3, -0.25) is 9.18 Å².